The molecular formula is C34H37BrN4O6. The van der Waals surface area contributed by atoms with Gasteiger partial charge in [-0.05, 0) is 90.5 Å². The number of pyridine rings is 1. The number of halogens is 1. The number of piperidine rings is 2. The van der Waals surface area contributed by atoms with Crippen LogP contribution in [0.1, 0.15) is 58.5 Å². The van der Waals surface area contributed by atoms with Crippen molar-refractivity contribution in [3.8, 4) is 5.75 Å². The highest BCUT2D eigenvalue weighted by molar-refractivity contribution is 9.10. The maximum atomic E-state index is 13.7. The summed E-state index contributed by atoms with van der Waals surface area (Å²) < 4.78 is 13.0. The molecule has 2 amide bonds. The average molecular weight is 678 g/mol. The minimum Gasteiger partial charge on any atom is -0.497 e. The van der Waals surface area contributed by atoms with Gasteiger partial charge in [0.25, 0.3) is 17.4 Å². The van der Waals surface area contributed by atoms with E-state index in [2.05, 4.69) is 26.1 Å². The first kappa shape index (κ1) is 30.9. The van der Waals surface area contributed by atoms with Crippen LogP contribution in [0.5, 0.6) is 5.75 Å². The second-order valence-corrected chi connectivity index (χ2v) is 12.8. The number of likely N-dealkylation sites (tertiary alicyclic amines) is 1. The van der Waals surface area contributed by atoms with Crippen molar-refractivity contribution in [3.63, 3.8) is 0 Å². The van der Waals surface area contributed by atoms with Crippen molar-refractivity contribution < 1.29 is 23.9 Å². The predicted octanol–water partition coefficient (Wildman–Crippen LogP) is 4.91. The number of nitrogens with one attached hydrogen (secondary N) is 1. The van der Waals surface area contributed by atoms with E-state index >= 15 is 0 Å². The van der Waals surface area contributed by atoms with Crippen molar-refractivity contribution in [2.45, 2.75) is 38.6 Å². The van der Waals surface area contributed by atoms with E-state index in [0.29, 0.717) is 72.7 Å². The average Bonchev–Trinajstić information content (AvgIpc) is 3.05. The first-order chi connectivity index (χ1) is 21.7. The number of carbonyl (C=O) groups excluding carboxylic acids is 3. The first-order valence-corrected chi connectivity index (χ1v) is 16.2. The fourth-order valence-corrected chi connectivity index (χ4v) is 7.32. The van der Waals surface area contributed by atoms with Crippen LogP contribution in [0.15, 0.2) is 63.9 Å². The van der Waals surface area contributed by atoms with E-state index in [1.54, 1.807) is 49.3 Å². The zero-order chi connectivity index (χ0) is 31.7. The van der Waals surface area contributed by atoms with Gasteiger partial charge in [0.05, 0.1) is 36.6 Å². The Hall–Kier alpha value is -4.12. The minimum atomic E-state index is -0.337. The maximum Gasteiger partial charge on any atom is 0.309 e. The Morgan fingerprint density at radius 3 is 2.56 bits per heavy atom. The molecule has 4 heterocycles. The van der Waals surface area contributed by atoms with Gasteiger partial charge in [-0.15, -0.1) is 0 Å². The van der Waals surface area contributed by atoms with Crippen molar-refractivity contribution in [1.29, 1.82) is 0 Å². The van der Waals surface area contributed by atoms with Gasteiger partial charge in [0, 0.05) is 60.4 Å². The Morgan fingerprint density at radius 1 is 1.00 bits per heavy atom. The van der Waals surface area contributed by atoms with Crippen molar-refractivity contribution >= 4 is 45.1 Å². The first-order valence-electron chi connectivity index (χ1n) is 15.4. The van der Waals surface area contributed by atoms with Gasteiger partial charge in [-0.1, -0.05) is 6.07 Å². The van der Waals surface area contributed by atoms with E-state index in [1.807, 2.05) is 28.8 Å². The van der Waals surface area contributed by atoms with Crippen molar-refractivity contribution in [2.24, 2.45) is 11.8 Å². The van der Waals surface area contributed by atoms with Crippen LogP contribution in [0.4, 0.5) is 11.4 Å². The lowest BCUT2D eigenvalue weighted by Crippen LogP contribution is -2.47. The normalized spacial score (nSPS) is 19.4. The van der Waals surface area contributed by atoms with Crippen LogP contribution in [0.3, 0.4) is 0 Å². The van der Waals surface area contributed by atoms with Gasteiger partial charge >= 0.3 is 5.97 Å². The molecule has 10 nitrogen and oxygen atoms in total. The van der Waals surface area contributed by atoms with Crippen LogP contribution >= 0.6 is 15.9 Å². The molecule has 11 heteroatoms. The van der Waals surface area contributed by atoms with Crippen LogP contribution in [0.2, 0.25) is 0 Å². The standard InChI is InChI=1S/C34H37BrN4O6/c1-3-45-34(43)22-11-13-37(14-12-22)33(42)23-7-10-30(28(16-23)36-32(41)26-17-25(44-2)8-9-27(26)35)38-18-21-15-24(20-38)29-5-4-6-31(40)39(29)19-21/h4-10,16-17,21-22,24H,3,11-15,18-20H2,1-2H3,(H,36,41). The molecule has 3 aliphatic heterocycles. The Balaban J connectivity index is 1.29. The molecule has 2 atom stereocenters. The van der Waals surface area contributed by atoms with Crippen LogP contribution in [-0.2, 0) is 16.1 Å². The fourth-order valence-electron chi connectivity index (χ4n) is 6.89. The number of hydrogen-bond acceptors (Lipinski definition) is 7. The van der Waals surface area contributed by atoms with Gasteiger partial charge < -0.3 is 29.2 Å². The van der Waals surface area contributed by atoms with E-state index < -0.39 is 0 Å². The van der Waals surface area contributed by atoms with E-state index in [9.17, 15) is 19.2 Å². The smallest absolute Gasteiger partial charge is 0.309 e. The zero-order valence-electron chi connectivity index (χ0n) is 25.5. The Kier molecular flexibility index (Phi) is 8.98. The van der Waals surface area contributed by atoms with E-state index in [4.69, 9.17) is 9.47 Å². The van der Waals surface area contributed by atoms with Crippen molar-refractivity contribution in [2.75, 3.05) is 50.1 Å². The van der Waals surface area contributed by atoms with Crippen LogP contribution in [0.25, 0.3) is 0 Å². The summed E-state index contributed by atoms with van der Waals surface area (Å²) in [5.41, 5.74) is 3.28. The third-order valence-electron chi connectivity index (χ3n) is 9.13. The number of ether oxygens (including phenoxy) is 2. The number of benzene rings is 2. The predicted molar refractivity (Wildman–Crippen MR) is 174 cm³/mol. The number of rotatable bonds is 7. The zero-order valence-corrected chi connectivity index (χ0v) is 27.0. The molecule has 3 aliphatic rings. The molecule has 0 radical (unpaired) electrons. The summed E-state index contributed by atoms with van der Waals surface area (Å²) in [5.74, 6) is 0.102. The summed E-state index contributed by atoms with van der Waals surface area (Å²) in [6.07, 6.45) is 2.10. The number of aromatic nitrogens is 1. The number of nitrogens with zero attached hydrogens (tertiary/aromatic N) is 3. The summed E-state index contributed by atoms with van der Waals surface area (Å²) in [4.78, 5) is 56.2. The van der Waals surface area contributed by atoms with Crippen molar-refractivity contribution in [1.82, 2.24) is 9.47 Å². The highest BCUT2D eigenvalue weighted by atomic mass is 79.9. The van der Waals surface area contributed by atoms with Crippen LogP contribution in [0, 0.1) is 11.8 Å². The largest absolute Gasteiger partial charge is 0.497 e. The van der Waals surface area contributed by atoms with Gasteiger partial charge in [-0.3, -0.25) is 19.2 Å². The summed E-state index contributed by atoms with van der Waals surface area (Å²) in [7, 11) is 1.55. The molecule has 2 bridgehead atoms. The molecule has 0 spiro atoms. The molecule has 2 fully saturated rings. The van der Waals surface area contributed by atoms with Crippen molar-refractivity contribution in [3.05, 3.63) is 86.2 Å². The highest BCUT2D eigenvalue weighted by Crippen LogP contribution is 2.40. The Labute approximate surface area is 270 Å². The molecule has 2 saturated heterocycles. The summed E-state index contributed by atoms with van der Waals surface area (Å²) >= 11 is 3.49. The van der Waals surface area contributed by atoms with Gasteiger partial charge in [0.1, 0.15) is 5.75 Å². The molecule has 1 N–H and O–H groups in total. The number of carbonyl (C=O) groups is 3. The molecule has 2 unspecified atom stereocenters. The topological polar surface area (TPSA) is 110 Å². The summed E-state index contributed by atoms with van der Waals surface area (Å²) in [6, 6.07) is 16.1. The molecular weight excluding hydrogens is 640 g/mol. The van der Waals surface area contributed by atoms with Gasteiger partial charge in [-0.2, -0.15) is 0 Å². The molecule has 1 aromatic heterocycles. The molecule has 0 aliphatic carbocycles. The van der Waals surface area contributed by atoms with Gasteiger partial charge in [0.2, 0.25) is 0 Å². The van der Waals surface area contributed by atoms with Crippen LogP contribution < -0.4 is 20.5 Å². The number of fused-ring (bicyclic) bond motifs is 4. The maximum absolute atomic E-state index is 13.7. The number of esters is 1. The molecule has 3 aromatic rings. The lowest BCUT2D eigenvalue weighted by molar-refractivity contribution is -0.149. The van der Waals surface area contributed by atoms with E-state index in [1.165, 1.54) is 0 Å². The second kappa shape index (κ2) is 13.1. The van der Waals surface area contributed by atoms with E-state index in [-0.39, 0.29) is 41.1 Å². The number of anilines is 2. The van der Waals surface area contributed by atoms with E-state index in [0.717, 1.165) is 24.3 Å². The second-order valence-electron chi connectivity index (χ2n) is 12.0. The van der Waals surface area contributed by atoms with Gasteiger partial charge in [-0.25, -0.2) is 0 Å². The lowest BCUT2D eigenvalue weighted by Gasteiger charge is -2.44. The lowest BCUT2D eigenvalue weighted by atomic mass is 9.83. The minimum absolute atomic E-state index is 0.0293. The third kappa shape index (κ3) is 6.36. The quantitative estimate of drug-likeness (QED) is 0.354. The number of hydrogen-bond donors (Lipinski definition) is 1. The molecule has 0 saturated carbocycles. The molecule has 236 valence electrons. The highest BCUT2D eigenvalue weighted by Gasteiger charge is 2.36. The fraction of sp³-hybridized carbons (Fsp3) is 0.412. The third-order valence-corrected chi connectivity index (χ3v) is 9.82. The SMILES string of the molecule is CCOC(=O)C1CCN(C(=O)c2ccc(N3CC4CC(C3)c3cccc(=O)n3C4)c(NC(=O)c3cc(OC)ccc3Br)c2)CC1. The monoisotopic (exact) mass is 676 g/mol. The Bertz CT molecular complexity index is 1680. The van der Waals surface area contributed by atoms with Gasteiger partial charge in [0.15, 0.2) is 0 Å². The summed E-state index contributed by atoms with van der Waals surface area (Å²) in [6.45, 7) is 5.10. The molecule has 6 rings (SSSR count). The van der Waals surface area contributed by atoms with Crippen LogP contribution in [-0.4, -0.2) is 67.1 Å². The molecule has 45 heavy (non-hydrogen) atoms. The summed E-state index contributed by atoms with van der Waals surface area (Å²) in [5, 5.41) is 3.09. The molecule has 2 aromatic carbocycles. The number of amides is 2. The Morgan fingerprint density at radius 2 is 1.80 bits per heavy atom. The number of methoxy groups -OCH3 is 1.